The van der Waals surface area contributed by atoms with Crippen LogP contribution in [0.25, 0.3) is 5.70 Å². The van der Waals surface area contributed by atoms with Gasteiger partial charge in [-0.3, -0.25) is 14.8 Å². The maximum atomic E-state index is 13.3. The van der Waals surface area contributed by atoms with Crippen molar-refractivity contribution >= 4 is 29.6 Å². The molecule has 204 valence electrons. The minimum absolute atomic E-state index is 0.207. The third-order valence-corrected chi connectivity index (χ3v) is 6.04. The average molecular weight is 539 g/mol. The summed E-state index contributed by atoms with van der Waals surface area (Å²) in [4.78, 5) is 27.7. The molecule has 2 unspecified atom stereocenters. The molecule has 0 bridgehead atoms. The second kappa shape index (κ2) is 14.5. The van der Waals surface area contributed by atoms with Gasteiger partial charge in [0.25, 0.3) is 0 Å². The maximum Gasteiger partial charge on any atom is 0.411 e. The Labute approximate surface area is 230 Å². The lowest BCUT2D eigenvalue weighted by Gasteiger charge is -2.28. The molecule has 0 saturated carbocycles. The third-order valence-electron chi connectivity index (χ3n) is 5.48. The van der Waals surface area contributed by atoms with Gasteiger partial charge in [0, 0.05) is 17.5 Å². The lowest BCUT2D eigenvalue weighted by molar-refractivity contribution is -0.124. The summed E-state index contributed by atoms with van der Waals surface area (Å²) in [5.41, 5.74) is 8.31. The molecular weight excluding hydrogens is 500 g/mol. The highest BCUT2D eigenvalue weighted by Gasteiger charge is 2.42. The van der Waals surface area contributed by atoms with Crippen LogP contribution in [0.2, 0.25) is 0 Å². The quantitative estimate of drug-likeness (QED) is 0.348. The zero-order chi connectivity index (χ0) is 28.3. The molecule has 1 aliphatic heterocycles. The first-order valence-electron chi connectivity index (χ1n) is 12.5. The molecule has 0 spiro atoms. The van der Waals surface area contributed by atoms with Crippen molar-refractivity contribution in [3.8, 4) is 12.3 Å². The van der Waals surface area contributed by atoms with E-state index in [0.29, 0.717) is 23.8 Å². The fourth-order valence-electron chi connectivity index (χ4n) is 3.70. The number of nitrogens with one attached hydrogen (secondary N) is 1. The molecule has 2 aromatic carbocycles. The number of nitrogens with zero attached hydrogens (tertiary/aromatic N) is 1. The van der Waals surface area contributed by atoms with E-state index in [2.05, 4.69) is 11.2 Å². The summed E-state index contributed by atoms with van der Waals surface area (Å²) < 4.78 is 11.6. The van der Waals surface area contributed by atoms with Crippen LogP contribution in [-0.4, -0.2) is 41.2 Å². The highest BCUT2D eigenvalue weighted by Crippen LogP contribution is 2.26. The van der Waals surface area contributed by atoms with E-state index in [1.54, 1.807) is 20.8 Å². The molecule has 1 saturated heterocycles. The topological polar surface area (TPSA) is 120 Å². The molecule has 0 aromatic heterocycles. The number of likely N-dealkylation sites (tertiary alicyclic amines) is 1. The average Bonchev–Trinajstić information content (AvgIpc) is 3.36. The molecule has 9 heteroatoms. The van der Waals surface area contributed by atoms with Gasteiger partial charge in [0.05, 0.1) is 25.0 Å². The highest BCUT2D eigenvalue weighted by molar-refractivity contribution is 8.01. The number of carbonyl (C=O) groups is 2. The monoisotopic (exact) mass is 538 g/mol. The number of rotatable bonds is 7. The number of nitrogens with two attached hydrogens (primary N) is 2. The molecule has 1 fully saturated rings. The Hall–Kier alpha value is -3.45. The van der Waals surface area contributed by atoms with Crippen molar-refractivity contribution in [1.82, 2.24) is 10.2 Å². The maximum absolute atomic E-state index is 13.3. The second-order valence-corrected chi connectivity index (χ2v) is 10.0. The van der Waals surface area contributed by atoms with Crippen LogP contribution in [0.15, 0.2) is 59.6 Å². The molecule has 1 aliphatic rings. The van der Waals surface area contributed by atoms with Gasteiger partial charge in [-0.05, 0) is 50.4 Å². The zero-order valence-electron chi connectivity index (χ0n) is 22.7. The number of benzene rings is 2. The van der Waals surface area contributed by atoms with Crippen LogP contribution >= 0.6 is 11.9 Å². The Morgan fingerprint density at radius 1 is 1.13 bits per heavy atom. The molecule has 0 aliphatic carbocycles. The highest BCUT2D eigenvalue weighted by atomic mass is 32.2. The Morgan fingerprint density at radius 3 is 2.32 bits per heavy atom. The standard InChI is InChI=1S/C27H32N4O4S.C2H6/c1-5-18-11-13-19(14-12-18)17-34-21-15-22(31(16-21)26(33)35-27(2,3)4)24(32)30-25(36-29)23(28)20-9-7-6-8-10-20;1-2/h1,6-14,21-22H,15-17,28-29H2,2-4H3,(H,30,32);1-2H3/b25-23-;. The van der Waals surface area contributed by atoms with Gasteiger partial charge in [-0.2, -0.15) is 0 Å². The van der Waals surface area contributed by atoms with Gasteiger partial charge in [-0.1, -0.05) is 62.2 Å². The van der Waals surface area contributed by atoms with E-state index in [4.69, 9.17) is 26.8 Å². The summed E-state index contributed by atoms with van der Waals surface area (Å²) in [7, 11) is 0. The summed E-state index contributed by atoms with van der Waals surface area (Å²) in [6.45, 7) is 9.85. The Balaban J connectivity index is 0.00000247. The number of ether oxygens (including phenoxy) is 2. The predicted molar refractivity (Wildman–Crippen MR) is 153 cm³/mol. The normalized spacial score (nSPS) is 17.4. The van der Waals surface area contributed by atoms with Crippen molar-refractivity contribution in [2.45, 2.75) is 65.4 Å². The Kier molecular flexibility index (Phi) is 11.7. The molecule has 3 rings (SSSR count). The van der Waals surface area contributed by atoms with Crippen LogP contribution in [0.3, 0.4) is 0 Å². The summed E-state index contributed by atoms with van der Waals surface area (Å²) in [6, 6.07) is 15.8. The second-order valence-electron chi connectivity index (χ2n) is 9.37. The van der Waals surface area contributed by atoms with Gasteiger partial charge in [-0.25, -0.2) is 4.79 Å². The summed E-state index contributed by atoms with van der Waals surface area (Å²) >= 11 is 0.834. The van der Waals surface area contributed by atoms with Crippen LogP contribution in [0.4, 0.5) is 4.79 Å². The smallest absolute Gasteiger partial charge is 0.411 e. The van der Waals surface area contributed by atoms with E-state index in [1.807, 2.05) is 68.4 Å². The predicted octanol–water partition coefficient (Wildman–Crippen LogP) is 4.60. The Morgan fingerprint density at radius 2 is 1.76 bits per heavy atom. The molecule has 8 nitrogen and oxygen atoms in total. The van der Waals surface area contributed by atoms with Crippen LogP contribution in [0, 0.1) is 12.3 Å². The largest absolute Gasteiger partial charge is 0.444 e. The van der Waals surface area contributed by atoms with Crippen LogP contribution in [-0.2, 0) is 20.9 Å². The van der Waals surface area contributed by atoms with E-state index in [1.165, 1.54) is 4.90 Å². The lowest BCUT2D eigenvalue weighted by atomic mass is 10.1. The van der Waals surface area contributed by atoms with Gasteiger partial charge in [0.1, 0.15) is 16.7 Å². The number of amides is 2. The minimum atomic E-state index is -0.820. The molecule has 5 N–H and O–H groups in total. The third kappa shape index (κ3) is 8.84. The number of hydrogen-bond acceptors (Lipinski definition) is 7. The number of hydrogen-bond donors (Lipinski definition) is 3. The first-order chi connectivity index (χ1) is 18.1. The number of carbonyl (C=O) groups excluding carboxylic acids is 2. The fourth-order valence-corrected chi connectivity index (χ4v) is 4.11. The summed E-state index contributed by atoms with van der Waals surface area (Å²) in [5, 5.41) is 8.91. The number of terminal acetylenes is 1. The summed E-state index contributed by atoms with van der Waals surface area (Å²) in [5.74, 6) is 2.16. The molecule has 2 aromatic rings. The molecular formula is C29H38N4O4S. The summed E-state index contributed by atoms with van der Waals surface area (Å²) in [6.07, 6.45) is 4.75. The molecule has 38 heavy (non-hydrogen) atoms. The van der Waals surface area contributed by atoms with Crippen molar-refractivity contribution in [1.29, 1.82) is 0 Å². The van der Waals surface area contributed by atoms with Crippen molar-refractivity contribution in [2.24, 2.45) is 10.9 Å². The van der Waals surface area contributed by atoms with Crippen LogP contribution in [0.1, 0.15) is 57.7 Å². The molecule has 2 amide bonds. The molecule has 1 heterocycles. The van der Waals surface area contributed by atoms with Gasteiger partial charge < -0.3 is 20.5 Å². The van der Waals surface area contributed by atoms with E-state index in [0.717, 1.165) is 28.6 Å². The SMILES string of the molecule is C#Cc1ccc(COC2CC(C(=O)N/C(SN)=C(/N)c3ccccc3)N(C(=O)OC(C)(C)C)C2)cc1.CC. The minimum Gasteiger partial charge on any atom is -0.444 e. The molecule has 2 atom stereocenters. The lowest BCUT2D eigenvalue weighted by Crippen LogP contribution is -2.47. The van der Waals surface area contributed by atoms with E-state index in [-0.39, 0.29) is 12.6 Å². The van der Waals surface area contributed by atoms with Crippen molar-refractivity contribution in [3.63, 3.8) is 0 Å². The fraction of sp³-hybridized carbons (Fsp3) is 0.379. The zero-order valence-corrected chi connectivity index (χ0v) is 23.5. The van der Waals surface area contributed by atoms with E-state index in [9.17, 15) is 9.59 Å². The Bertz CT molecular complexity index is 1140. The van der Waals surface area contributed by atoms with Crippen LogP contribution in [0.5, 0.6) is 0 Å². The first kappa shape index (κ1) is 30.8. The van der Waals surface area contributed by atoms with Gasteiger partial charge in [0.2, 0.25) is 5.91 Å². The molecule has 0 radical (unpaired) electrons. The first-order valence-corrected chi connectivity index (χ1v) is 13.4. The van der Waals surface area contributed by atoms with Crippen molar-refractivity contribution in [2.75, 3.05) is 6.54 Å². The van der Waals surface area contributed by atoms with Crippen molar-refractivity contribution in [3.05, 3.63) is 76.3 Å². The van der Waals surface area contributed by atoms with Crippen LogP contribution < -0.4 is 16.2 Å². The van der Waals surface area contributed by atoms with E-state index < -0.39 is 23.6 Å². The van der Waals surface area contributed by atoms with Gasteiger partial charge >= 0.3 is 6.09 Å². The van der Waals surface area contributed by atoms with E-state index >= 15 is 0 Å². The van der Waals surface area contributed by atoms with Crippen molar-refractivity contribution < 1.29 is 19.1 Å². The van der Waals surface area contributed by atoms with Gasteiger partial charge in [-0.15, -0.1) is 6.42 Å². The van der Waals surface area contributed by atoms with Gasteiger partial charge in [0.15, 0.2) is 0 Å².